The molecule has 1 N–H and O–H groups in total. The molecule has 3 rings (SSSR count). The Morgan fingerprint density at radius 3 is 2.70 bits per heavy atom. The molecule has 0 radical (unpaired) electrons. The molecule has 1 aliphatic rings. The molecule has 106 valence electrons. The molecule has 0 amide bonds. The SMILES string of the molecule is Cc1c([C@H]2CCCN2Cc2ccc(O)cc2)cnn1C. The van der Waals surface area contributed by atoms with Crippen LogP contribution >= 0.6 is 0 Å². The minimum atomic E-state index is 0.329. The molecular weight excluding hydrogens is 250 g/mol. The van der Waals surface area contributed by atoms with Crippen LogP contribution in [0.2, 0.25) is 0 Å². The number of likely N-dealkylation sites (tertiary alicyclic amines) is 1. The molecule has 0 aliphatic carbocycles. The van der Waals surface area contributed by atoms with E-state index in [2.05, 4.69) is 16.9 Å². The highest BCUT2D eigenvalue weighted by molar-refractivity contribution is 5.27. The summed E-state index contributed by atoms with van der Waals surface area (Å²) in [5, 5.41) is 13.7. The van der Waals surface area contributed by atoms with E-state index in [1.54, 1.807) is 12.1 Å². The zero-order chi connectivity index (χ0) is 14.1. The summed E-state index contributed by atoms with van der Waals surface area (Å²) in [7, 11) is 2.00. The number of hydrogen-bond donors (Lipinski definition) is 1. The predicted molar refractivity (Wildman–Crippen MR) is 78.4 cm³/mol. The van der Waals surface area contributed by atoms with Crippen molar-refractivity contribution in [2.75, 3.05) is 6.54 Å². The molecule has 2 heterocycles. The van der Waals surface area contributed by atoms with Gasteiger partial charge in [0.05, 0.1) is 6.20 Å². The van der Waals surface area contributed by atoms with Crippen molar-refractivity contribution in [1.29, 1.82) is 0 Å². The number of aromatic hydroxyl groups is 1. The summed E-state index contributed by atoms with van der Waals surface area (Å²) in [6.07, 6.45) is 4.44. The minimum Gasteiger partial charge on any atom is -0.508 e. The number of aromatic nitrogens is 2. The van der Waals surface area contributed by atoms with Crippen molar-refractivity contribution in [1.82, 2.24) is 14.7 Å². The summed E-state index contributed by atoms with van der Waals surface area (Å²) in [5.74, 6) is 0.329. The first-order valence-electron chi connectivity index (χ1n) is 7.15. The van der Waals surface area contributed by atoms with Crippen molar-refractivity contribution in [3.63, 3.8) is 0 Å². The zero-order valence-corrected chi connectivity index (χ0v) is 12.1. The molecule has 0 unspecified atom stereocenters. The van der Waals surface area contributed by atoms with Crippen LogP contribution in [-0.4, -0.2) is 26.3 Å². The fourth-order valence-electron chi connectivity index (χ4n) is 3.05. The maximum Gasteiger partial charge on any atom is 0.115 e. The Labute approximate surface area is 119 Å². The van der Waals surface area contributed by atoms with Crippen molar-refractivity contribution >= 4 is 0 Å². The van der Waals surface area contributed by atoms with Crippen LogP contribution in [0, 0.1) is 6.92 Å². The van der Waals surface area contributed by atoms with Gasteiger partial charge in [-0.3, -0.25) is 9.58 Å². The van der Waals surface area contributed by atoms with E-state index in [1.807, 2.05) is 30.1 Å². The highest BCUT2D eigenvalue weighted by Crippen LogP contribution is 2.34. The van der Waals surface area contributed by atoms with E-state index in [0.29, 0.717) is 11.8 Å². The van der Waals surface area contributed by atoms with Gasteiger partial charge in [0.15, 0.2) is 0 Å². The van der Waals surface area contributed by atoms with Gasteiger partial charge >= 0.3 is 0 Å². The monoisotopic (exact) mass is 271 g/mol. The topological polar surface area (TPSA) is 41.3 Å². The second-order valence-corrected chi connectivity index (χ2v) is 5.60. The van der Waals surface area contributed by atoms with Crippen LogP contribution in [0.25, 0.3) is 0 Å². The van der Waals surface area contributed by atoms with E-state index < -0.39 is 0 Å². The van der Waals surface area contributed by atoms with E-state index in [4.69, 9.17) is 0 Å². The molecule has 20 heavy (non-hydrogen) atoms. The summed E-state index contributed by atoms with van der Waals surface area (Å²) in [4.78, 5) is 2.51. The molecule has 0 bridgehead atoms. The van der Waals surface area contributed by atoms with Crippen LogP contribution in [0.4, 0.5) is 0 Å². The molecule has 1 aromatic carbocycles. The molecule has 2 aromatic rings. The molecule has 1 aliphatic heterocycles. The van der Waals surface area contributed by atoms with Crippen LogP contribution in [-0.2, 0) is 13.6 Å². The average molecular weight is 271 g/mol. The lowest BCUT2D eigenvalue weighted by molar-refractivity contribution is 0.247. The lowest BCUT2D eigenvalue weighted by Crippen LogP contribution is -2.23. The van der Waals surface area contributed by atoms with Crippen LogP contribution < -0.4 is 0 Å². The molecule has 1 saturated heterocycles. The number of phenolic OH excluding ortho intramolecular Hbond substituents is 1. The molecule has 4 heteroatoms. The molecule has 1 fully saturated rings. The van der Waals surface area contributed by atoms with Gasteiger partial charge in [0.1, 0.15) is 5.75 Å². The van der Waals surface area contributed by atoms with E-state index >= 15 is 0 Å². The van der Waals surface area contributed by atoms with Gasteiger partial charge in [0, 0.05) is 30.9 Å². The Balaban J connectivity index is 1.79. The van der Waals surface area contributed by atoms with Crippen molar-refractivity contribution in [3.8, 4) is 5.75 Å². The van der Waals surface area contributed by atoms with Gasteiger partial charge in [-0.15, -0.1) is 0 Å². The first-order valence-corrected chi connectivity index (χ1v) is 7.15. The molecule has 0 spiro atoms. The first kappa shape index (κ1) is 13.2. The molecular formula is C16H21N3O. The van der Waals surface area contributed by atoms with Gasteiger partial charge in [0.25, 0.3) is 0 Å². The fraction of sp³-hybridized carbons (Fsp3) is 0.438. The third-order valence-electron chi connectivity index (χ3n) is 4.32. The van der Waals surface area contributed by atoms with Gasteiger partial charge in [0.2, 0.25) is 0 Å². The Kier molecular flexibility index (Phi) is 3.49. The molecule has 1 atom stereocenters. The number of phenols is 1. The summed E-state index contributed by atoms with van der Waals surface area (Å²) in [6.45, 7) is 4.19. The normalized spacial score (nSPS) is 19.6. The standard InChI is InChI=1S/C16H21N3O/c1-12-15(10-17-18(12)2)16-4-3-9-19(16)11-13-5-7-14(20)8-6-13/h5-8,10,16,20H,3-4,9,11H2,1-2H3/t16-/m1/s1. The van der Waals surface area contributed by atoms with Gasteiger partial charge in [-0.05, 0) is 44.0 Å². The lowest BCUT2D eigenvalue weighted by atomic mass is 10.1. The van der Waals surface area contributed by atoms with Crippen molar-refractivity contribution in [3.05, 3.63) is 47.3 Å². The van der Waals surface area contributed by atoms with Crippen molar-refractivity contribution in [2.45, 2.75) is 32.4 Å². The summed E-state index contributed by atoms with van der Waals surface area (Å²) in [6, 6.07) is 7.99. The average Bonchev–Trinajstić information content (AvgIpc) is 3.01. The Morgan fingerprint density at radius 2 is 2.05 bits per heavy atom. The van der Waals surface area contributed by atoms with E-state index in [1.165, 1.54) is 29.7 Å². The Morgan fingerprint density at radius 1 is 1.30 bits per heavy atom. The van der Waals surface area contributed by atoms with Gasteiger partial charge in [-0.25, -0.2) is 0 Å². The number of rotatable bonds is 3. The van der Waals surface area contributed by atoms with Crippen molar-refractivity contribution in [2.24, 2.45) is 7.05 Å². The van der Waals surface area contributed by atoms with Crippen LogP contribution in [0.3, 0.4) is 0 Å². The summed E-state index contributed by atoms with van der Waals surface area (Å²) in [5.41, 5.74) is 3.85. The number of hydrogen-bond acceptors (Lipinski definition) is 3. The molecule has 1 aromatic heterocycles. The second kappa shape index (κ2) is 5.29. The smallest absolute Gasteiger partial charge is 0.115 e. The van der Waals surface area contributed by atoms with E-state index in [9.17, 15) is 5.11 Å². The zero-order valence-electron chi connectivity index (χ0n) is 12.1. The summed E-state index contributed by atoms with van der Waals surface area (Å²) < 4.78 is 1.95. The lowest BCUT2D eigenvalue weighted by Gasteiger charge is -2.24. The molecule has 0 saturated carbocycles. The maximum atomic E-state index is 9.36. The largest absolute Gasteiger partial charge is 0.508 e. The number of aryl methyl sites for hydroxylation is 1. The van der Waals surface area contributed by atoms with Crippen LogP contribution in [0.5, 0.6) is 5.75 Å². The van der Waals surface area contributed by atoms with Crippen molar-refractivity contribution < 1.29 is 5.11 Å². The highest BCUT2D eigenvalue weighted by atomic mass is 16.3. The highest BCUT2D eigenvalue weighted by Gasteiger charge is 2.28. The summed E-state index contributed by atoms with van der Waals surface area (Å²) >= 11 is 0. The third kappa shape index (κ3) is 2.43. The van der Waals surface area contributed by atoms with Gasteiger partial charge in [-0.1, -0.05) is 12.1 Å². The minimum absolute atomic E-state index is 0.329. The van der Waals surface area contributed by atoms with Crippen LogP contribution in [0.15, 0.2) is 30.5 Å². The van der Waals surface area contributed by atoms with Gasteiger partial charge in [-0.2, -0.15) is 5.10 Å². The third-order valence-corrected chi connectivity index (χ3v) is 4.32. The number of benzene rings is 1. The fourth-order valence-corrected chi connectivity index (χ4v) is 3.05. The first-order chi connectivity index (χ1) is 9.65. The quantitative estimate of drug-likeness (QED) is 0.933. The maximum absolute atomic E-state index is 9.36. The van der Waals surface area contributed by atoms with Gasteiger partial charge < -0.3 is 5.11 Å². The molecule has 4 nitrogen and oxygen atoms in total. The Bertz CT molecular complexity index is 588. The predicted octanol–water partition coefficient (Wildman–Crippen LogP) is 2.77. The Hall–Kier alpha value is -1.81. The number of nitrogens with zero attached hydrogens (tertiary/aromatic N) is 3. The van der Waals surface area contributed by atoms with E-state index in [-0.39, 0.29) is 0 Å². The second-order valence-electron chi connectivity index (χ2n) is 5.60. The van der Waals surface area contributed by atoms with E-state index in [0.717, 1.165) is 13.1 Å². The van der Waals surface area contributed by atoms with Crippen LogP contribution in [0.1, 0.15) is 35.7 Å².